The average Bonchev–Trinajstić information content (AvgIpc) is 2.75. The number of ether oxygens (including phenoxy) is 1. The third kappa shape index (κ3) is 3.38. The molecule has 1 heterocycles. The van der Waals surface area contributed by atoms with E-state index in [2.05, 4.69) is 5.32 Å². The number of benzene rings is 1. The van der Waals surface area contributed by atoms with Crippen molar-refractivity contribution in [3.8, 4) is 5.75 Å². The van der Waals surface area contributed by atoms with Crippen LogP contribution in [0.3, 0.4) is 0 Å². The van der Waals surface area contributed by atoms with Crippen molar-refractivity contribution in [2.45, 2.75) is 20.0 Å². The van der Waals surface area contributed by atoms with Crippen molar-refractivity contribution in [1.29, 1.82) is 0 Å². The van der Waals surface area contributed by atoms with Gasteiger partial charge in [0.15, 0.2) is 0 Å². The maximum atomic E-state index is 11.4. The Labute approximate surface area is 113 Å². The van der Waals surface area contributed by atoms with E-state index in [9.17, 15) is 9.90 Å². The lowest BCUT2D eigenvalue weighted by Crippen LogP contribution is -2.31. The molecule has 0 saturated carbocycles. The molecule has 1 saturated heterocycles. The number of nitrogens with one attached hydrogen (secondary N) is 1. The summed E-state index contributed by atoms with van der Waals surface area (Å²) in [5.41, 5.74) is 1.86. The largest absolute Gasteiger partial charge is 0.491 e. The zero-order valence-electron chi connectivity index (χ0n) is 11.3. The van der Waals surface area contributed by atoms with E-state index in [1.807, 2.05) is 25.1 Å². The minimum atomic E-state index is -0.564. The first-order valence-electron chi connectivity index (χ1n) is 6.52. The summed E-state index contributed by atoms with van der Waals surface area (Å²) < 4.78 is 5.71. The number of carbonyl (C=O) groups is 1. The maximum absolute atomic E-state index is 11.4. The molecule has 0 unspecified atom stereocenters. The molecule has 0 spiro atoms. The highest BCUT2D eigenvalue weighted by Gasteiger charge is 2.19. The number of rotatable bonds is 5. The highest BCUT2D eigenvalue weighted by Crippen LogP contribution is 2.26. The Kier molecular flexibility index (Phi) is 4.27. The van der Waals surface area contributed by atoms with Crippen LogP contribution >= 0.6 is 0 Å². The number of aryl methyl sites for hydroxylation is 1. The third-order valence-electron chi connectivity index (χ3n) is 3.18. The number of carbonyl (C=O) groups excluding carboxylic acids is 1. The number of aliphatic hydroxyl groups excluding tert-OH is 1. The average molecular weight is 264 g/mol. The Morgan fingerprint density at radius 3 is 2.95 bits per heavy atom. The summed E-state index contributed by atoms with van der Waals surface area (Å²) in [5, 5.41) is 12.4. The summed E-state index contributed by atoms with van der Waals surface area (Å²) in [6.45, 7) is 6.09. The molecule has 0 aromatic heterocycles. The third-order valence-corrected chi connectivity index (χ3v) is 3.18. The fraction of sp³-hybridized carbons (Fsp3) is 0.500. The quantitative estimate of drug-likeness (QED) is 0.846. The lowest BCUT2D eigenvalue weighted by molar-refractivity contribution is 0.184. The molecule has 2 amide bonds. The summed E-state index contributed by atoms with van der Waals surface area (Å²) in [5.74, 6) is 0.689. The molecular weight excluding hydrogens is 244 g/mol. The monoisotopic (exact) mass is 264 g/mol. The van der Waals surface area contributed by atoms with Gasteiger partial charge in [-0.15, -0.1) is 0 Å². The van der Waals surface area contributed by atoms with Gasteiger partial charge in [-0.05, 0) is 25.5 Å². The van der Waals surface area contributed by atoms with Crippen molar-refractivity contribution in [3.63, 3.8) is 0 Å². The van der Waals surface area contributed by atoms with E-state index in [0.29, 0.717) is 25.4 Å². The molecular formula is C14H20N2O3. The number of hydrogen-bond acceptors (Lipinski definition) is 3. The Balaban J connectivity index is 1.95. The second kappa shape index (κ2) is 5.93. The van der Waals surface area contributed by atoms with Crippen LogP contribution in [0.25, 0.3) is 0 Å². The van der Waals surface area contributed by atoms with Crippen molar-refractivity contribution in [3.05, 3.63) is 29.3 Å². The molecule has 0 bridgehead atoms. The molecule has 1 fully saturated rings. The minimum Gasteiger partial charge on any atom is -0.491 e. The van der Waals surface area contributed by atoms with Crippen LogP contribution in [0.2, 0.25) is 0 Å². The Hall–Kier alpha value is -1.75. The highest BCUT2D eigenvalue weighted by atomic mass is 16.5. The van der Waals surface area contributed by atoms with Crippen LogP contribution in [0.15, 0.2) is 18.2 Å². The second-order valence-corrected chi connectivity index (χ2v) is 4.78. The predicted octanol–water partition coefficient (Wildman–Crippen LogP) is 1.45. The SMILES string of the molecule is Cc1ccc([C@@H](C)O)c(OCCN2CCNC2=O)c1. The first kappa shape index (κ1) is 13.7. The maximum Gasteiger partial charge on any atom is 0.317 e. The number of aliphatic hydroxyl groups is 1. The first-order valence-corrected chi connectivity index (χ1v) is 6.52. The lowest BCUT2D eigenvalue weighted by atomic mass is 10.1. The Morgan fingerprint density at radius 2 is 2.32 bits per heavy atom. The van der Waals surface area contributed by atoms with E-state index in [1.165, 1.54) is 0 Å². The molecule has 2 N–H and O–H groups in total. The molecule has 1 aliphatic heterocycles. The number of amides is 2. The normalized spacial score (nSPS) is 16.4. The molecule has 2 rings (SSSR count). The van der Waals surface area contributed by atoms with Crippen LogP contribution in [0.1, 0.15) is 24.2 Å². The van der Waals surface area contributed by atoms with Gasteiger partial charge >= 0.3 is 6.03 Å². The number of hydrogen-bond donors (Lipinski definition) is 2. The molecule has 1 atom stereocenters. The van der Waals surface area contributed by atoms with Gasteiger partial charge in [-0.2, -0.15) is 0 Å². The predicted molar refractivity (Wildman–Crippen MR) is 72.3 cm³/mol. The molecule has 1 aromatic carbocycles. The van der Waals surface area contributed by atoms with E-state index in [4.69, 9.17) is 4.74 Å². The van der Waals surface area contributed by atoms with E-state index in [-0.39, 0.29) is 6.03 Å². The Bertz CT molecular complexity index is 460. The van der Waals surface area contributed by atoms with E-state index >= 15 is 0 Å². The van der Waals surface area contributed by atoms with Gasteiger partial charge < -0.3 is 20.1 Å². The van der Waals surface area contributed by atoms with Crippen molar-refractivity contribution in [2.75, 3.05) is 26.2 Å². The van der Waals surface area contributed by atoms with E-state index in [0.717, 1.165) is 17.7 Å². The molecule has 1 aromatic rings. The molecule has 5 heteroatoms. The summed E-state index contributed by atoms with van der Waals surface area (Å²) >= 11 is 0. The van der Waals surface area contributed by atoms with Crippen molar-refractivity contribution in [1.82, 2.24) is 10.2 Å². The van der Waals surface area contributed by atoms with Crippen molar-refractivity contribution < 1.29 is 14.6 Å². The van der Waals surface area contributed by atoms with Gasteiger partial charge in [0.25, 0.3) is 0 Å². The van der Waals surface area contributed by atoms with Gasteiger partial charge in [-0.25, -0.2) is 4.79 Å². The Morgan fingerprint density at radius 1 is 1.53 bits per heavy atom. The van der Waals surface area contributed by atoms with Gasteiger partial charge in [0, 0.05) is 18.7 Å². The van der Waals surface area contributed by atoms with Gasteiger partial charge in [-0.3, -0.25) is 0 Å². The topological polar surface area (TPSA) is 61.8 Å². The molecule has 5 nitrogen and oxygen atoms in total. The fourth-order valence-corrected chi connectivity index (χ4v) is 2.10. The van der Waals surface area contributed by atoms with Gasteiger partial charge in [0.1, 0.15) is 12.4 Å². The van der Waals surface area contributed by atoms with Crippen LogP contribution < -0.4 is 10.1 Å². The van der Waals surface area contributed by atoms with Crippen LogP contribution in [-0.4, -0.2) is 42.3 Å². The number of nitrogens with zero attached hydrogens (tertiary/aromatic N) is 1. The standard InChI is InChI=1S/C14H20N2O3/c1-10-3-4-12(11(2)17)13(9-10)19-8-7-16-6-5-15-14(16)18/h3-4,9,11,17H,5-8H2,1-2H3,(H,15,18)/t11-/m1/s1. The molecule has 104 valence electrons. The fourth-order valence-electron chi connectivity index (χ4n) is 2.10. The second-order valence-electron chi connectivity index (χ2n) is 4.78. The molecule has 0 aliphatic carbocycles. The lowest BCUT2D eigenvalue weighted by Gasteiger charge is -2.17. The molecule has 1 aliphatic rings. The van der Waals surface area contributed by atoms with Gasteiger partial charge in [0.2, 0.25) is 0 Å². The van der Waals surface area contributed by atoms with Crippen molar-refractivity contribution >= 4 is 6.03 Å². The zero-order valence-corrected chi connectivity index (χ0v) is 11.3. The summed E-state index contributed by atoms with van der Waals surface area (Å²) in [6.07, 6.45) is -0.564. The van der Waals surface area contributed by atoms with Crippen LogP contribution in [0, 0.1) is 6.92 Å². The van der Waals surface area contributed by atoms with Crippen LogP contribution in [0.4, 0.5) is 4.79 Å². The van der Waals surface area contributed by atoms with E-state index < -0.39 is 6.10 Å². The first-order chi connectivity index (χ1) is 9.08. The van der Waals surface area contributed by atoms with Crippen LogP contribution in [-0.2, 0) is 0 Å². The minimum absolute atomic E-state index is 0.0383. The molecule has 0 radical (unpaired) electrons. The summed E-state index contributed by atoms with van der Waals surface area (Å²) in [7, 11) is 0. The van der Waals surface area contributed by atoms with E-state index in [1.54, 1.807) is 11.8 Å². The molecule has 19 heavy (non-hydrogen) atoms. The highest BCUT2D eigenvalue weighted by molar-refractivity contribution is 5.76. The van der Waals surface area contributed by atoms with Crippen molar-refractivity contribution in [2.24, 2.45) is 0 Å². The van der Waals surface area contributed by atoms with Crippen LogP contribution in [0.5, 0.6) is 5.75 Å². The summed E-state index contributed by atoms with van der Waals surface area (Å²) in [4.78, 5) is 13.1. The van der Waals surface area contributed by atoms with Gasteiger partial charge in [0.05, 0.1) is 12.6 Å². The summed E-state index contributed by atoms with van der Waals surface area (Å²) in [6, 6.07) is 5.69. The smallest absolute Gasteiger partial charge is 0.317 e. The zero-order chi connectivity index (χ0) is 13.8. The number of urea groups is 1. The van der Waals surface area contributed by atoms with Gasteiger partial charge in [-0.1, -0.05) is 12.1 Å².